The van der Waals surface area contributed by atoms with Crippen molar-refractivity contribution in [1.82, 2.24) is 0 Å². The van der Waals surface area contributed by atoms with Crippen LogP contribution in [-0.4, -0.2) is 32.2 Å². The molecule has 0 atom stereocenters. The number of Topliss-reactive ketones (excluding diaryl/α,β-unsaturated/α-hetero) is 1. The molecule has 0 radical (unpaired) electrons. The van der Waals surface area contributed by atoms with E-state index in [1.54, 1.807) is 6.92 Å². The molecule has 16 heavy (non-hydrogen) atoms. The highest BCUT2D eigenvalue weighted by Gasteiger charge is 2.13. The van der Waals surface area contributed by atoms with Crippen LogP contribution in [-0.2, 0) is 14.3 Å². The lowest BCUT2D eigenvalue weighted by atomic mass is 10.1. The average Bonchev–Trinajstić information content (AvgIpc) is 2.74. The quantitative estimate of drug-likeness (QED) is 0.569. The summed E-state index contributed by atoms with van der Waals surface area (Å²) in [6.07, 6.45) is 7.30. The lowest BCUT2D eigenvalue weighted by Crippen LogP contribution is -2.09. The molecular formula is C13H24O3. The first-order chi connectivity index (χ1) is 7.79. The smallest absolute Gasteiger partial charge is 0.132 e. The SMILES string of the molecule is CC(=O)CCOCCOCCC1CCCC1. The number of rotatable bonds is 9. The second kappa shape index (κ2) is 8.71. The minimum absolute atomic E-state index is 0.183. The summed E-state index contributed by atoms with van der Waals surface area (Å²) in [5, 5.41) is 0. The van der Waals surface area contributed by atoms with Gasteiger partial charge < -0.3 is 9.47 Å². The van der Waals surface area contributed by atoms with Gasteiger partial charge in [0.2, 0.25) is 0 Å². The first kappa shape index (κ1) is 13.7. The van der Waals surface area contributed by atoms with Crippen LogP contribution in [0, 0.1) is 5.92 Å². The van der Waals surface area contributed by atoms with E-state index in [1.807, 2.05) is 0 Å². The van der Waals surface area contributed by atoms with Crippen LogP contribution in [0.1, 0.15) is 45.4 Å². The van der Waals surface area contributed by atoms with Gasteiger partial charge in [-0.3, -0.25) is 4.79 Å². The summed E-state index contributed by atoms with van der Waals surface area (Å²) in [5.41, 5.74) is 0. The van der Waals surface area contributed by atoms with Crippen molar-refractivity contribution in [3.8, 4) is 0 Å². The van der Waals surface area contributed by atoms with Gasteiger partial charge in [-0.1, -0.05) is 25.7 Å². The molecule has 0 spiro atoms. The molecule has 0 saturated heterocycles. The third kappa shape index (κ3) is 6.96. The highest BCUT2D eigenvalue weighted by atomic mass is 16.5. The molecule has 0 N–H and O–H groups in total. The van der Waals surface area contributed by atoms with E-state index in [9.17, 15) is 4.79 Å². The fourth-order valence-corrected chi connectivity index (χ4v) is 2.09. The first-order valence-electron chi connectivity index (χ1n) is 6.44. The molecule has 1 fully saturated rings. The normalized spacial score (nSPS) is 16.8. The fraction of sp³-hybridized carbons (Fsp3) is 0.923. The number of ether oxygens (including phenoxy) is 2. The second-order valence-electron chi connectivity index (χ2n) is 4.62. The number of ketones is 1. The van der Waals surface area contributed by atoms with Crippen LogP contribution < -0.4 is 0 Å². The lowest BCUT2D eigenvalue weighted by Gasteiger charge is -2.09. The predicted molar refractivity (Wildman–Crippen MR) is 63.5 cm³/mol. The Morgan fingerprint density at radius 3 is 2.31 bits per heavy atom. The summed E-state index contributed by atoms with van der Waals surface area (Å²) in [6.45, 7) is 4.24. The van der Waals surface area contributed by atoms with Gasteiger partial charge in [-0.15, -0.1) is 0 Å². The minimum atomic E-state index is 0.183. The van der Waals surface area contributed by atoms with Gasteiger partial charge in [-0.25, -0.2) is 0 Å². The second-order valence-corrected chi connectivity index (χ2v) is 4.62. The van der Waals surface area contributed by atoms with E-state index in [4.69, 9.17) is 9.47 Å². The maximum atomic E-state index is 10.6. The van der Waals surface area contributed by atoms with Crippen molar-refractivity contribution in [1.29, 1.82) is 0 Å². The molecule has 1 rings (SSSR count). The van der Waals surface area contributed by atoms with E-state index >= 15 is 0 Å². The zero-order valence-electron chi connectivity index (χ0n) is 10.4. The molecule has 94 valence electrons. The van der Waals surface area contributed by atoms with Gasteiger partial charge >= 0.3 is 0 Å². The minimum Gasteiger partial charge on any atom is -0.379 e. The Kier molecular flexibility index (Phi) is 7.43. The Hall–Kier alpha value is -0.410. The molecule has 1 aliphatic carbocycles. The topological polar surface area (TPSA) is 35.5 Å². The average molecular weight is 228 g/mol. The van der Waals surface area contributed by atoms with E-state index in [2.05, 4.69) is 0 Å². The van der Waals surface area contributed by atoms with Gasteiger partial charge in [0.05, 0.1) is 19.8 Å². The highest BCUT2D eigenvalue weighted by Crippen LogP contribution is 2.27. The highest BCUT2D eigenvalue weighted by molar-refractivity contribution is 5.75. The Morgan fingerprint density at radius 1 is 1.06 bits per heavy atom. The van der Waals surface area contributed by atoms with Gasteiger partial charge in [0.1, 0.15) is 5.78 Å². The van der Waals surface area contributed by atoms with Crippen molar-refractivity contribution in [3.05, 3.63) is 0 Å². The van der Waals surface area contributed by atoms with Gasteiger partial charge in [-0.2, -0.15) is 0 Å². The predicted octanol–water partition coefficient (Wildman–Crippen LogP) is 2.58. The lowest BCUT2D eigenvalue weighted by molar-refractivity contribution is -0.118. The molecule has 3 heteroatoms. The third-order valence-corrected chi connectivity index (χ3v) is 3.12. The largest absolute Gasteiger partial charge is 0.379 e. The summed E-state index contributed by atoms with van der Waals surface area (Å²) < 4.78 is 10.8. The van der Waals surface area contributed by atoms with E-state index in [0.717, 1.165) is 12.5 Å². The van der Waals surface area contributed by atoms with Crippen LogP contribution >= 0.6 is 0 Å². The maximum absolute atomic E-state index is 10.6. The monoisotopic (exact) mass is 228 g/mol. The first-order valence-corrected chi connectivity index (χ1v) is 6.44. The van der Waals surface area contributed by atoms with E-state index < -0.39 is 0 Å². The number of hydrogen-bond acceptors (Lipinski definition) is 3. The molecule has 1 saturated carbocycles. The Morgan fingerprint density at radius 2 is 1.69 bits per heavy atom. The zero-order chi connectivity index (χ0) is 11.6. The third-order valence-electron chi connectivity index (χ3n) is 3.12. The van der Waals surface area contributed by atoms with Crippen LogP contribution in [0.15, 0.2) is 0 Å². The molecule has 0 aromatic heterocycles. The van der Waals surface area contributed by atoms with Gasteiger partial charge in [-0.05, 0) is 19.3 Å². The summed E-state index contributed by atoms with van der Waals surface area (Å²) in [7, 11) is 0. The van der Waals surface area contributed by atoms with Crippen molar-refractivity contribution in [2.45, 2.75) is 45.4 Å². The molecule has 0 aromatic carbocycles. The van der Waals surface area contributed by atoms with Crippen molar-refractivity contribution >= 4 is 5.78 Å². The Bertz CT molecular complexity index is 186. The van der Waals surface area contributed by atoms with Crippen LogP contribution in [0.5, 0.6) is 0 Å². The van der Waals surface area contributed by atoms with Crippen LogP contribution in [0.25, 0.3) is 0 Å². The summed E-state index contributed by atoms with van der Waals surface area (Å²) in [5.74, 6) is 1.08. The van der Waals surface area contributed by atoms with Crippen molar-refractivity contribution < 1.29 is 14.3 Å². The molecular weight excluding hydrogens is 204 g/mol. The standard InChI is InChI=1S/C13H24O3/c1-12(14)6-8-15-10-11-16-9-7-13-4-2-3-5-13/h13H,2-11H2,1H3. The Balaban J connectivity index is 1.76. The molecule has 0 bridgehead atoms. The van der Waals surface area contributed by atoms with Crippen LogP contribution in [0.2, 0.25) is 0 Å². The van der Waals surface area contributed by atoms with Crippen LogP contribution in [0.4, 0.5) is 0 Å². The number of carbonyl (C=O) groups excluding carboxylic acids is 1. The van der Waals surface area contributed by atoms with E-state index in [0.29, 0.717) is 26.2 Å². The molecule has 0 aromatic rings. The van der Waals surface area contributed by atoms with Crippen molar-refractivity contribution in [3.63, 3.8) is 0 Å². The van der Waals surface area contributed by atoms with E-state index in [1.165, 1.54) is 32.1 Å². The maximum Gasteiger partial charge on any atom is 0.132 e. The molecule has 0 unspecified atom stereocenters. The zero-order valence-corrected chi connectivity index (χ0v) is 10.4. The van der Waals surface area contributed by atoms with Gasteiger partial charge in [0, 0.05) is 13.0 Å². The molecule has 3 nitrogen and oxygen atoms in total. The Labute approximate surface area is 98.5 Å². The molecule has 0 heterocycles. The van der Waals surface area contributed by atoms with Gasteiger partial charge in [0.25, 0.3) is 0 Å². The molecule has 1 aliphatic rings. The summed E-state index contributed by atoms with van der Waals surface area (Å²) in [4.78, 5) is 10.6. The summed E-state index contributed by atoms with van der Waals surface area (Å²) in [6, 6.07) is 0. The number of hydrogen-bond donors (Lipinski definition) is 0. The van der Waals surface area contributed by atoms with E-state index in [-0.39, 0.29) is 5.78 Å². The van der Waals surface area contributed by atoms with Crippen molar-refractivity contribution in [2.75, 3.05) is 26.4 Å². The molecule has 0 amide bonds. The van der Waals surface area contributed by atoms with Crippen molar-refractivity contribution in [2.24, 2.45) is 5.92 Å². The fourth-order valence-electron chi connectivity index (χ4n) is 2.09. The number of carbonyl (C=O) groups is 1. The van der Waals surface area contributed by atoms with Gasteiger partial charge in [0.15, 0.2) is 0 Å². The summed E-state index contributed by atoms with van der Waals surface area (Å²) >= 11 is 0. The van der Waals surface area contributed by atoms with Crippen LogP contribution in [0.3, 0.4) is 0 Å². The molecule has 0 aliphatic heterocycles.